The number of fused-ring (bicyclic) bond motifs is 1. The molecule has 1 aromatic rings. The predicted molar refractivity (Wildman–Crippen MR) is 81.8 cm³/mol. The number of carbonyl (C=O) groups is 2. The Kier molecular flexibility index (Phi) is 3.77. The van der Waals surface area contributed by atoms with Crippen LogP contribution in [-0.4, -0.2) is 39.9 Å². The van der Waals surface area contributed by atoms with Crippen molar-refractivity contribution in [2.45, 2.75) is 37.1 Å². The van der Waals surface area contributed by atoms with Crippen LogP contribution in [0.4, 0.5) is 0 Å². The maximum Gasteiger partial charge on any atom is 0.243 e. The Morgan fingerprint density at radius 2 is 2.45 bits per heavy atom. The normalized spacial score (nSPS) is 28.8. The number of carbonyl (C=O) groups excluding carboxylic acids is 2. The van der Waals surface area contributed by atoms with Gasteiger partial charge in [-0.3, -0.25) is 9.59 Å². The number of hydrogen-bond donors (Lipinski definition) is 1. The van der Waals surface area contributed by atoms with Gasteiger partial charge in [0.1, 0.15) is 6.04 Å². The fraction of sp³-hybridized carbons (Fsp3) is 0.571. The second-order valence-corrected chi connectivity index (χ2v) is 7.92. The van der Waals surface area contributed by atoms with E-state index >= 15 is 0 Å². The SMILES string of the molecule is C[C@@]12CCC(=O)N1[C@H](C(=O)NCCc1cccs1)CS2. The molecule has 2 saturated heterocycles. The van der Waals surface area contributed by atoms with Crippen molar-refractivity contribution in [3.05, 3.63) is 22.4 Å². The molecule has 20 heavy (non-hydrogen) atoms. The van der Waals surface area contributed by atoms with Crippen molar-refractivity contribution in [3.8, 4) is 0 Å². The molecule has 0 aromatic carbocycles. The van der Waals surface area contributed by atoms with Gasteiger partial charge in [-0.15, -0.1) is 23.1 Å². The van der Waals surface area contributed by atoms with E-state index in [0.29, 0.717) is 18.7 Å². The topological polar surface area (TPSA) is 49.4 Å². The number of nitrogens with one attached hydrogen (secondary N) is 1. The van der Waals surface area contributed by atoms with Crippen LogP contribution >= 0.6 is 23.1 Å². The maximum atomic E-state index is 12.3. The zero-order valence-corrected chi connectivity index (χ0v) is 13.1. The number of thioether (sulfide) groups is 1. The molecule has 1 N–H and O–H groups in total. The molecule has 108 valence electrons. The first kappa shape index (κ1) is 13.9. The molecule has 0 radical (unpaired) electrons. The van der Waals surface area contributed by atoms with Gasteiger partial charge < -0.3 is 10.2 Å². The molecule has 0 spiro atoms. The Morgan fingerprint density at radius 3 is 3.20 bits per heavy atom. The van der Waals surface area contributed by atoms with Crippen LogP contribution in [-0.2, 0) is 16.0 Å². The third-order valence-electron chi connectivity index (χ3n) is 4.00. The average molecular weight is 310 g/mol. The number of nitrogens with zero attached hydrogens (tertiary/aromatic N) is 1. The standard InChI is InChI=1S/C14H18N2O2S2/c1-14-6-4-12(17)16(14)11(9-20-14)13(18)15-7-5-10-3-2-8-19-10/h2-3,8,11H,4-7,9H2,1H3,(H,15,18)/t11-,14+/m0/s1. The maximum absolute atomic E-state index is 12.3. The van der Waals surface area contributed by atoms with E-state index in [1.165, 1.54) is 4.88 Å². The molecule has 0 bridgehead atoms. The van der Waals surface area contributed by atoms with E-state index in [1.54, 1.807) is 28.0 Å². The molecule has 1 aromatic heterocycles. The lowest BCUT2D eigenvalue weighted by atomic mass is 10.2. The molecular weight excluding hydrogens is 292 g/mol. The quantitative estimate of drug-likeness (QED) is 0.923. The minimum atomic E-state index is -0.289. The van der Waals surface area contributed by atoms with E-state index in [9.17, 15) is 9.59 Å². The number of amides is 2. The first-order valence-corrected chi connectivity index (χ1v) is 8.73. The van der Waals surface area contributed by atoms with Gasteiger partial charge in [0.15, 0.2) is 0 Å². The van der Waals surface area contributed by atoms with Crippen LogP contribution in [0.3, 0.4) is 0 Å². The molecule has 2 aliphatic rings. The third-order valence-corrected chi connectivity index (χ3v) is 6.44. The van der Waals surface area contributed by atoms with E-state index in [-0.39, 0.29) is 22.7 Å². The van der Waals surface area contributed by atoms with Crippen molar-refractivity contribution in [2.24, 2.45) is 0 Å². The molecular formula is C14H18N2O2S2. The molecule has 4 nitrogen and oxygen atoms in total. The second kappa shape index (κ2) is 5.41. The predicted octanol–water partition coefficient (Wildman–Crippen LogP) is 1.86. The Hall–Kier alpha value is -1.01. The summed E-state index contributed by atoms with van der Waals surface area (Å²) in [4.78, 5) is 27.2. The summed E-state index contributed by atoms with van der Waals surface area (Å²) in [6.07, 6.45) is 2.28. The van der Waals surface area contributed by atoms with E-state index < -0.39 is 0 Å². The van der Waals surface area contributed by atoms with Crippen LogP contribution in [0.25, 0.3) is 0 Å². The number of rotatable bonds is 4. The smallest absolute Gasteiger partial charge is 0.243 e. The molecule has 0 unspecified atom stereocenters. The zero-order chi connectivity index (χ0) is 14.2. The third kappa shape index (κ3) is 2.46. The van der Waals surface area contributed by atoms with Crippen LogP contribution in [0.5, 0.6) is 0 Å². The highest BCUT2D eigenvalue weighted by atomic mass is 32.2. The van der Waals surface area contributed by atoms with E-state index in [1.807, 2.05) is 11.4 Å². The van der Waals surface area contributed by atoms with Crippen LogP contribution in [0.2, 0.25) is 0 Å². The minimum Gasteiger partial charge on any atom is -0.354 e. The minimum absolute atomic E-state index is 0.00645. The molecule has 0 saturated carbocycles. The van der Waals surface area contributed by atoms with Crippen molar-refractivity contribution in [1.82, 2.24) is 10.2 Å². The summed E-state index contributed by atoms with van der Waals surface area (Å²) in [5.74, 6) is 0.830. The largest absolute Gasteiger partial charge is 0.354 e. The molecule has 2 fully saturated rings. The Balaban J connectivity index is 1.56. The lowest BCUT2D eigenvalue weighted by molar-refractivity contribution is -0.137. The van der Waals surface area contributed by atoms with Gasteiger partial charge in [0.2, 0.25) is 11.8 Å². The lowest BCUT2D eigenvalue weighted by Crippen LogP contribution is -2.50. The van der Waals surface area contributed by atoms with Crippen molar-refractivity contribution in [2.75, 3.05) is 12.3 Å². The van der Waals surface area contributed by atoms with Crippen molar-refractivity contribution < 1.29 is 9.59 Å². The Labute approximate surface area is 126 Å². The van der Waals surface area contributed by atoms with Crippen LogP contribution in [0.1, 0.15) is 24.6 Å². The Bertz CT molecular complexity index is 517. The van der Waals surface area contributed by atoms with Gasteiger partial charge in [0.05, 0.1) is 4.87 Å². The summed E-state index contributed by atoms with van der Waals surface area (Å²) in [7, 11) is 0. The van der Waals surface area contributed by atoms with E-state index in [2.05, 4.69) is 18.3 Å². The molecule has 6 heteroatoms. The fourth-order valence-electron chi connectivity index (χ4n) is 2.90. The summed E-state index contributed by atoms with van der Waals surface area (Å²) < 4.78 is 0. The first-order valence-electron chi connectivity index (χ1n) is 6.86. The van der Waals surface area contributed by atoms with Gasteiger partial charge >= 0.3 is 0 Å². The summed E-state index contributed by atoms with van der Waals surface area (Å²) in [6, 6.07) is 3.80. The highest BCUT2D eigenvalue weighted by Crippen LogP contribution is 2.47. The molecule has 0 aliphatic carbocycles. The van der Waals surface area contributed by atoms with Crippen LogP contribution in [0.15, 0.2) is 17.5 Å². The molecule has 2 aliphatic heterocycles. The van der Waals surface area contributed by atoms with Crippen LogP contribution in [0, 0.1) is 0 Å². The van der Waals surface area contributed by atoms with Crippen molar-refractivity contribution in [1.29, 1.82) is 0 Å². The summed E-state index contributed by atoms with van der Waals surface area (Å²) in [5.41, 5.74) is 0. The second-order valence-electron chi connectivity index (χ2n) is 5.39. The van der Waals surface area contributed by atoms with Crippen molar-refractivity contribution in [3.63, 3.8) is 0 Å². The molecule has 3 rings (SSSR count). The van der Waals surface area contributed by atoms with Gasteiger partial charge in [-0.05, 0) is 31.2 Å². The summed E-state index contributed by atoms with van der Waals surface area (Å²) in [6.45, 7) is 2.71. The van der Waals surface area contributed by atoms with Gasteiger partial charge in [-0.1, -0.05) is 6.07 Å². The first-order chi connectivity index (χ1) is 9.60. The zero-order valence-electron chi connectivity index (χ0n) is 11.4. The summed E-state index contributed by atoms with van der Waals surface area (Å²) in [5, 5.41) is 5.01. The highest BCUT2D eigenvalue weighted by Gasteiger charge is 2.52. The fourth-order valence-corrected chi connectivity index (χ4v) is 5.04. The van der Waals surface area contributed by atoms with Gasteiger partial charge in [0, 0.05) is 23.6 Å². The number of hydrogen-bond acceptors (Lipinski definition) is 4. The number of thiophene rings is 1. The average Bonchev–Trinajstić information content (AvgIpc) is 3.09. The van der Waals surface area contributed by atoms with Crippen molar-refractivity contribution >= 4 is 34.9 Å². The van der Waals surface area contributed by atoms with Gasteiger partial charge in [-0.2, -0.15) is 0 Å². The monoisotopic (exact) mass is 310 g/mol. The highest BCUT2D eigenvalue weighted by molar-refractivity contribution is 8.01. The molecule has 2 atom stereocenters. The van der Waals surface area contributed by atoms with Crippen LogP contribution < -0.4 is 5.32 Å². The molecule has 3 heterocycles. The Morgan fingerprint density at radius 1 is 1.60 bits per heavy atom. The lowest BCUT2D eigenvalue weighted by Gasteiger charge is -2.29. The van der Waals surface area contributed by atoms with E-state index in [0.717, 1.165) is 12.8 Å². The molecule has 2 amide bonds. The van der Waals surface area contributed by atoms with Gasteiger partial charge in [0.25, 0.3) is 0 Å². The summed E-state index contributed by atoms with van der Waals surface area (Å²) >= 11 is 3.44. The van der Waals surface area contributed by atoms with Gasteiger partial charge in [-0.25, -0.2) is 0 Å². The van der Waals surface area contributed by atoms with E-state index in [4.69, 9.17) is 0 Å².